The Hall–Kier alpha value is -1.46. The second-order valence-corrected chi connectivity index (χ2v) is 7.00. The van der Waals surface area contributed by atoms with Crippen LogP contribution in [0.4, 0.5) is 4.39 Å². The van der Waals surface area contributed by atoms with E-state index in [0.717, 1.165) is 25.7 Å². The van der Waals surface area contributed by atoms with Crippen molar-refractivity contribution in [2.75, 3.05) is 0 Å². The van der Waals surface area contributed by atoms with E-state index >= 15 is 0 Å². The summed E-state index contributed by atoms with van der Waals surface area (Å²) in [5.74, 6) is 0.601. The first-order chi connectivity index (χ1) is 11.1. The molecule has 1 aromatic rings. The van der Waals surface area contributed by atoms with Crippen molar-refractivity contribution in [2.24, 2.45) is 23.5 Å². The molecule has 1 amide bonds. The third kappa shape index (κ3) is 3.56. The summed E-state index contributed by atoms with van der Waals surface area (Å²) in [7, 11) is 0. The fourth-order valence-corrected chi connectivity index (χ4v) is 4.17. The Morgan fingerprint density at radius 3 is 2.61 bits per heavy atom. The van der Waals surface area contributed by atoms with E-state index in [1.54, 1.807) is 12.1 Å². The number of carbonyl (C=O) groups is 1. The lowest BCUT2D eigenvalue weighted by Gasteiger charge is -2.43. The topological polar surface area (TPSA) is 75.4 Å². The lowest BCUT2D eigenvalue weighted by molar-refractivity contribution is -0.128. The number of hydrogen-bond acceptors (Lipinski definition) is 3. The summed E-state index contributed by atoms with van der Waals surface area (Å²) < 4.78 is 13.6. The molecular weight excluding hydrogens is 295 g/mol. The maximum Gasteiger partial charge on any atom is 0.223 e. The molecule has 4 N–H and O–H groups in total. The minimum atomic E-state index is -0.433. The molecule has 0 spiro atoms. The molecule has 2 fully saturated rings. The fraction of sp³-hybridized carbons (Fsp3) is 0.611. The van der Waals surface area contributed by atoms with Gasteiger partial charge in [0, 0.05) is 24.1 Å². The van der Waals surface area contributed by atoms with Gasteiger partial charge in [0.2, 0.25) is 5.91 Å². The third-order valence-corrected chi connectivity index (χ3v) is 5.54. The summed E-state index contributed by atoms with van der Waals surface area (Å²) in [6.45, 7) is 0.00290. The highest BCUT2D eigenvalue weighted by Crippen LogP contribution is 2.41. The molecule has 4 nitrogen and oxygen atoms in total. The molecule has 0 aromatic heterocycles. The minimum Gasteiger partial charge on any atom is -0.392 e. The molecule has 2 saturated carbocycles. The Labute approximate surface area is 136 Å². The molecule has 1 aromatic carbocycles. The first kappa shape index (κ1) is 16.4. The number of nitrogens with two attached hydrogens (primary N) is 1. The van der Waals surface area contributed by atoms with Gasteiger partial charge in [-0.1, -0.05) is 18.6 Å². The normalized spacial score (nSPS) is 30.0. The molecule has 5 heteroatoms. The molecule has 2 bridgehead atoms. The van der Waals surface area contributed by atoms with Gasteiger partial charge in [0.1, 0.15) is 5.82 Å². The third-order valence-electron chi connectivity index (χ3n) is 5.54. The first-order valence-electron chi connectivity index (χ1n) is 8.50. The highest BCUT2D eigenvalue weighted by atomic mass is 19.1. The van der Waals surface area contributed by atoms with Gasteiger partial charge in [0.25, 0.3) is 0 Å². The molecule has 2 atom stereocenters. The van der Waals surface area contributed by atoms with Crippen LogP contribution in [0, 0.1) is 23.6 Å². The SMILES string of the molecule is NC1C2CCCC1CC(C(=O)NCc1ccc(CO)c(F)c1)C2. The van der Waals surface area contributed by atoms with Gasteiger partial charge in [-0.05, 0) is 49.1 Å². The zero-order valence-corrected chi connectivity index (χ0v) is 13.3. The quantitative estimate of drug-likeness (QED) is 0.795. The average Bonchev–Trinajstić information content (AvgIpc) is 2.52. The molecule has 2 aliphatic carbocycles. The van der Waals surface area contributed by atoms with Gasteiger partial charge in [-0.2, -0.15) is 0 Å². The standard InChI is InChI=1S/C18H25FN2O2/c19-16-6-11(4-5-14(16)10-22)9-21-18(23)15-7-12-2-1-3-13(8-15)17(12)20/h4-6,12-13,15,17,22H,1-3,7-10,20H2,(H,21,23). The molecule has 0 radical (unpaired) electrons. The van der Waals surface area contributed by atoms with Crippen LogP contribution in [0.15, 0.2) is 18.2 Å². The highest BCUT2D eigenvalue weighted by molar-refractivity contribution is 5.78. The van der Waals surface area contributed by atoms with Crippen LogP contribution >= 0.6 is 0 Å². The van der Waals surface area contributed by atoms with Crippen molar-refractivity contribution < 1.29 is 14.3 Å². The number of rotatable bonds is 4. The van der Waals surface area contributed by atoms with Gasteiger partial charge in [-0.15, -0.1) is 0 Å². The number of carbonyl (C=O) groups excluding carboxylic acids is 1. The zero-order valence-electron chi connectivity index (χ0n) is 13.3. The van der Waals surface area contributed by atoms with Crippen molar-refractivity contribution in [1.82, 2.24) is 5.32 Å². The zero-order chi connectivity index (χ0) is 16.4. The Balaban J connectivity index is 1.56. The number of amides is 1. The number of aliphatic hydroxyl groups is 1. The van der Waals surface area contributed by atoms with Crippen LogP contribution in [0.3, 0.4) is 0 Å². The summed E-state index contributed by atoms with van der Waals surface area (Å²) in [5.41, 5.74) is 7.24. The van der Waals surface area contributed by atoms with E-state index in [4.69, 9.17) is 10.8 Å². The molecule has 23 heavy (non-hydrogen) atoms. The van der Waals surface area contributed by atoms with E-state index in [1.807, 2.05) is 0 Å². The van der Waals surface area contributed by atoms with Gasteiger partial charge in [0.15, 0.2) is 0 Å². The van der Waals surface area contributed by atoms with E-state index in [-0.39, 0.29) is 30.0 Å². The monoisotopic (exact) mass is 320 g/mol. The van der Waals surface area contributed by atoms with Crippen LogP contribution in [-0.2, 0) is 17.9 Å². The predicted molar refractivity (Wildman–Crippen MR) is 85.7 cm³/mol. The first-order valence-corrected chi connectivity index (χ1v) is 8.50. The summed E-state index contributed by atoms with van der Waals surface area (Å²) >= 11 is 0. The van der Waals surface area contributed by atoms with Gasteiger partial charge < -0.3 is 16.2 Å². The van der Waals surface area contributed by atoms with Crippen molar-refractivity contribution >= 4 is 5.91 Å². The number of aliphatic hydroxyl groups excluding tert-OH is 1. The molecule has 0 aliphatic heterocycles. The van der Waals surface area contributed by atoms with Gasteiger partial charge >= 0.3 is 0 Å². The summed E-state index contributed by atoms with van der Waals surface area (Å²) in [6, 6.07) is 4.92. The van der Waals surface area contributed by atoms with Crippen molar-refractivity contribution in [2.45, 2.75) is 51.3 Å². The smallest absolute Gasteiger partial charge is 0.223 e. The Morgan fingerprint density at radius 1 is 1.30 bits per heavy atom. The maximum absolute atomic E-state index is 13.6. The van der Waals surface area contributed by atoms with Crippen LogP contribution in [0.5, 0.6) is 0 Å². The number of fused-ring (bicyclic) bond motifs is 2. The highest BCUT2D eigenvalue weighted by Gasteiger charge is 2.40. The number of benzene rings is 1. The Kier molecular flexibility index (Phi) is 4.97. The van der Waals surface area contributed by atoms with E-state index in [9.17, 15) is 9.18 Å². The second-order valence-electron chi connectivity index (χ2n) is 7.00. The van der Waals surface area contributed by atoms with E-state index in [1.165, 1.54) is 12.5 Å². The lowest BCUT2D eigenvalue weighted by atomic mass is 9.65. The number of hydrogen-bond donors (Lipinski definition) is 3. The van der Waals surface area contributed by atoms with Crippen molar-refractivity contribution in [3.05, 3.63) is 35.1 Å². The Bertz CT molecular complexity index is 564. The second kappa shape index (κ2) is 6.97. The molecular formula is C18H25FN2O2. The lowest BCUT2D eigenvalue weighted by Crippen LogP contribution is -2.49. The summed E-state index contributed by atoms with van der Waals surface area (Å²) in [5, 5.41) is 11.9. The van der Waals surface area contributed by atoms with E-state index < -0.39 is 5.82 Å². The van der Waals surface area contributed by atoms with Crippen LogP contribution in [-0.4, -0.2) is 17.1 Å². The van der Waals surface area contributed by atoms with E-state index in [0.29, 0.717) is 23.9 Å². The van der Waals surface area contributed by atoms with Crippen LogP contribution in [0.25, 0.3) is 0 Å². The summed E-state index contributed by atoms with van der Waals surface area (Å²) in [6.07, 6.45) is 5.25. The van der Waals surface area contributed by atoms with Gasteiger partial charge in [-0.3, -0.25) is 4.79 Å². The van der Waals surface area contributed by atoms with Crippen molar-refractivity contribution in [3.8, 4) is 0 Å². The molecule has 0 heterocycles. The van der Waals surface area contributed by atoms with Gasteiger partial charge in [-0.25, -0.2) is 4.39 Å². The molecule has 3 rings (SSSR count). The minimum absolute atomic E-state index is 0.0339. The van der Waals surface area contributed by atoms with E-state index in [2.05, 4.69) is 5.32 Å². The molecule has 126 valence electrons. The molecule has 0 saturated heterocycles. The van der Waals surface area contributed by atoms with Crippen LogP contribution < -0.4 is 11.1 Å². The number of halogens is 1. The predicted octanol–water partition coefficient (Wildman–Crippen LogP) is 2.09. The summed E-state index contributed by atoms with van der Waals surface area (Å²) in [4.78, 5) is 12.4. The van der Waals surface area contributed by atoms with Gasteiger partial charge in [0.05, 0.1) is 6.61 Å². The van der Waals surface area contributed by atoms with Crippen molar-refractivity contribution in [3.63, 3.8) is 0 Å². The fourth-order valence-electron chi connectivity index (χ4n) is 4.17. The maximum atomic E-state index is 13.6. The number of nitrogens with one attached hydrogen (secondary N) is 1. The van der Waals surface area contributed by atoms with Crippen molar-refractivity contribution in [1.29, 1.82) is 0 Å². The van der Waals surface area contributed by atoms with Crippen LogP contribution in [0.1, 0.15) is 43.2 Å². The molecule has 2 unspecified atom stereocenters. The largest absolute Gasteiger partial charge is 0.392 e. The molecule has 2 aliphatic rings. The van der Waals surface area contributed by atoms with Crippen LogP contribution in [0.2, 0.25) is 0 Å². The Morgan fingerprint density at radius 2 is 2.00 bits per heavy atom. The average molecular weight is 320 g/mol.